The highest BCUT2D eigenvalue weighted by molar-refractivity contribution is 9.10. The molecule has 1 N–H and O–H groups in total. The van der Waals surface area contributed by atoms with Crippen LogP contribution in [0.25, 0.3) is 0 Å². The Balaban J connectivity index is 1.67. The van der Waals surface area contributed by atoms with Crippen molar-refractivity contribution < 1.29 is 13.9 Å². The van der Waals surface area contributed by atoms with Gasteiger partial charge in [-0.1, -0.05) is 45.4 Å². The van der Waals surface area contributed by atoms with E-state index < -0.39 is 6.10 Å². The number of hydrogen-bond acceptors (Lipinski definition) is 5. The van der Waals surface area contributed by atoms with Crippen LogP contribution in [0.3, 0.4) is 0 Å². The van der Waals surface area contributed by atoms with Gasteiger partial charge in [0.1, 0.15) is 11.6 Å². The first-order valence-electron chi connectivity index (χ1n) is 9.21. The number of hydrogen-bond donors (Lipinski definition) is 1. The smallest absolute Gasteiger partial charge is 0.234 e. The van der Waals surface area contributed by atoms with Gasteiger partial charge in [-0.2, -0.15) is 0 Å². The number of amides is 1. The average molecular weight is 526 g/mol. The van der Waals surface area contributed by atoms with Crippen LogP contribution in [-0.4, -0.2) is 26.4 Å². The minimum Gasteiger partial charge on any atom is -0.483 e. The summed E-state index contributed by atoms with van der Waals surface area (Å²) >= 11 is 10.7. The molecule has 10 heteroatoms. The molecule has 1 amide bonds. The van der Waals surface area contributed by atoms with Gasteiger partial charge in [0.05, 0.1) is 16.5 Å². The maximum Gasteiger partial charge on any atom is 0.234 e. The summed E-state index contributed by atoms with van der Waals surface area (Å²) in [6.07, 6.45) is 1.27. The van der Waals surface area contributed by atoms with Crippen molar-refractivity contribution in [2.45, 2.75) is 24.7 Å². The Kier molecular flexibility index (Phi) is 8.11. The van der Waals surface area contributed by atoms with Crippen LogP contribution < -0.4 is 10.1 Å². The molecule has 162 valence electrons. The number of allylic oxidation sites excluding steroid dienone is 1. The van der Waals surface area contributed by atoms with E-state index in [-0.39, 0.29) is 17.5 Å². The van der Waals surface area contributed by atoms with Crippen molar-refractivity contribution in [3.05, 3.63) is 76.3 Å². The number of nitrogens with one attached hydrogen (secondary N) is 1. The molecule has 3 rings (SSSR count). The fraction of sp³-hybridized carbons (Fsp3) is 0.190. The molecule has 0 aliphatic rings. The van der Waals surface area contributed by atoms with Gasteiger partial charge in [-0.15, -0.1) is 16.8 Å². The third-order valence-electron chi connectivity index (χ3n) is 4.08. The Bertz CT molecular complexity index is 1080. The number of nitrogens with zero attached hydrogens (tertiary/aromatic N) is 3. The van der Waals surface area contributed by atoms with Crippen molar-refractivity contribution in [1.29, 1.82) is 0 Å². The van der Waals surface area contributed by atoms with Crippen molar-refractivity contribution in [1.82, 2.24) is 14.8 Å². The van der Waals surface area contributed by atoms with Crippen LogP contribution >= 0.6 is 39.3 Å². The molecule has 0 fully saturated rings. The highest BCUT2D eigenvalue weighted by Gasteiger charge is 2.20. The number of anilines is 1. The lowest BCUT2D eigenvalue weighted by molar-refractivity contribution is -0.113. The lowest BCUT2D eigenvalue weighted by Gasteiger charge is -2.15. The van der Waals surface area contributed by atoms with Gasteiger partial charge < -0.3 is 10.1 Å². The van der Waals surface area contributed by atoms with Gasteiger partial charge in [-0.05, 0) is 49.4 Å². The molecule has 0 aliphatic carbocycles. The second-order valence-electron chi connectivity index (χ2n) is 6.42. The molecule has 0 saturated heterocycles. The van der Waals surface area contributed by atoms with Crippen LogP contribution in [0.1, 0.15) is 18.9 Å². The van der Waals surface area contributed by atoms with Gasteiger partial charge in [0, 0.05) is 11.0 Å². The van der Waals surface area contributed by atoms with Crippen molar-refractivity contribution >= 4 is 50.9 Å². The first-order valence-corrected chi connectivity index (χ1v) is 11.4. The predicted octanol–water partition coefficient (Wildman–Crippen LogP) is 5.89. The molecule has 0 radical (unpaired) electrons. The highest BCUT2D eigenvalue weighted by Crippen LogP contribution is 2.27. The molecule has 1 atom stereocenters. The van der Waals surface area contributed by atoms with Gasteiger partial charge in [-0.25, -0.2) is 4.39 Å². The summed E-state index contributed by atoms with van der Waals surface area (Å²) in [5.41, 5.74) is 0.532. The van der Waals surface area contributed by atoms with Crippen LogP contribution in [0.5, 0.6) is 5.75 Å². The molecule has 1 heterocycles. The minimum atomic E-state index is -0.442. The van der Waals surface area contributed by atoms with E-state index in [4.69, 9.17) is 16.3 Å². The molecule has 6 nitrogen and oxygen atoms in total. The van der Waals surface area contributed by atoms with E-state index in [2.05, 4.69) is 38.0 Å². The van der Waals surface area contributed by atoms with Crippen molar-refractivity contribution in [2.24, 2.45) is 0 Å². The van der Waals surface area contributed by atoms with E-state index in [1.807, 2.05) is 11.5 Å². The lowest BCUT2D eigenvalue weighted by atomic mass is 10.3. The maximum absolute atomic E-state index is 13.1. The molecule has 0 bridgehead atoms. The number of thioether (sulfide) groups is 1. The topological polar surface area (TPSA) is 69.0 Å². The number of benzene rings is 2. The number of carbonyl (C=O) groups excluding carboxylic acids is 1. The van der Waals surface area contributed by atoms with Crippen LogP contribution in [0.4, 0.5) is 10.1 Å². The molecule has 3 aromatic rings. The number of rotatable bonds is 9. The van der Waals surface area contributed by atoms with E-state index in [0.29, 0.717) is 34.0 Å². The summed E-state index contributed by atoms with van der Waals surface area (Å²) in [7, 11) is 0. The normalized spacial score (nSPS) is 11.7. The summed E-state index contributed by atoms with van der Waals surface area (Å²) in [6.45, 7) is 6.04. The standard InChI is InChI=1S/C21H19BrClFN4O2S/c1-3-10-28-20(13(2)30-16-7-5-15(24)6-8-16)26-27-21(28)31-12-19(29)25-18-9-4-14(22)11-17(18)23/h3-9,11,13H,1,10,12H2,2H3,(H,25,29). The van der Waals surface area contributed by atoms with Crippen LogP contribution in [-0.2, 0) is 11.3 Å². The zero-order chi connectivity index (χ0) is 22.4. The maximum atomic E-state index is 13.1. The second kappa shape index (κ2) is 10.8. The van der Waals surface area contributed by atoms with Gasteiger partial charge in [0.2, 0.25) is 5.91 Å². The summed E-state index contributed by atoms with van der Waals surface area (Å²) in [5, 5.41) is 12.2. The van der Waals surface area contributed by atoms with Gasteiger partial charge in [-0.3, -0.25) is 9.36 Å². The quantitative estimate of drug-likeness (QED) is 0.279. The fourth-order valence-electron chi connectivity index (χ4n) is 2.69. The lowest BCUT2D eigenvalue weighted by Crippen LogP contribution is -2.15. The zero-order valence-electron chi connectivity index (χ0n) is 16.5. The molecule has 0 saturated carbocycles. The molecule has 1 unspecified atom stereocenters. The first-order chi connectivity index (χ1) is 14.9. The molecular weight excluding hydrogens is 507 g/mol. The molecule has 31 heavy (non-hydrogen) atoms. The zero-order valence-corrected chi connectivity index (χ0v) is 19.7. The Labute approximate surface area is 197 Å². The Morgan fingerprint density at radius 1 is 1.35 bits per heavy atom. The first kappa shape index (κ1) is 23.3. The third kappa shape index (κ3) is 6.32. The molecule has 1 aromatic heterocycles. The van der Waals surface area contributed by atoms with Gasteiger partial charge in [0.25, 0.3) is 0 Å². The SMILES string of the molecule is C=CCn1c(SCC(=O)Nc2ccc(Br)cc2Cl)nnc1C(C)Oc1ccc(F)cc1. The largest absolute Gasteiger partial charge is 0.483 e. The van der Waals surface area contributed by atoms with Crippen LogP contribution in [0.15, 0.2) is 64.7 Å². The molecule has 0 aliphatic heterocycles. The monoisotopic (exact) mass is 524 g/mol. The summed E-state index contributed by atoms with van der Waals surface area (Å²) in [4.78, 5) is 12.4. The summed E-state index contributed by atoms with van der Waals surface area (Å²) in [5.74, 6) is 0.648. The third-order valence-corrected chi connectivity index (χ3v) is 5.86. The van der Waals surface area contributed by atoms with Gasteiger partial charge in [0.15, 0.2) is 17.1 Å². The number of halogens is 3. The van der Waals surface area contributed by atoms with Crippen LogP contribution in [0.2, 0.25) is 5.02 Å². The average Bonchev–Trinajstić information content (AvgIpc) is 3.13. The molecular formula is C21H19BrClFN4O2S. The number of aromatic nitrogens is 3. The van der Waals surface area contributed by atoms with Crippen LogP contribution in [0, 0.1) is 5.82 Å². The highest BCUT2D eigenvalue weighted by atomic mass is 79.9. The number of ether oxygens (including phenoxy) is 1. The Morgan fingerprint density at radius 2 is 2.10 bits per heavy atom. The van der Waals surface area contributed by atoms with E-state index in [1.165, 1.54) is 23.9 Å². The van der Waals surface area contributed by atoms with E-state index in [1.54, 1.807) is 36.4 Å². The van der Waals surface area contributed by atoms with Crippen molar-refractivity contribution in [3.8, 4) is 5.75 Å². The summed E-state index contributed by atoms with van der Waals surface area (Å²) < 4.78 is 21.6. The second-order valence-corrected chi connectivity index (χ2v) is 8.68. The Hall–Kier alpha value is -2.36. The fourth-order valence-corrected chi connectivity index (χ4v) is 4.16. The van der Waals surface area contributed by atoms with Gasteiger partial charge >= 0.3 is 0 Å². The van der Waals surface area contributed by atoms with E-state index >= 15 is 0 Å². The van der Waals surface area contributed by atoms with E-state index in [0.717, 1.165) is 4.47 Å². The van der Waals surface area contributed by atoms with E-state index in [9.17, 15) is 9.18 Å². The Morgan fingerprint density at radius 3 is 2.77 bits per heavy atom. The predicted molar refractivity (Wildman–Crippen MR) is 124 cm³/mol. The van der Waals surface area contributed by atoms with Crippen molar-refractivity contribution in [3.63, 3.8) is 0 Å². The molecule has 0 spiro atoms. The summed E-state index contributed by atoms with van der Waals surface area (Å²) in [6, 6.07) is 11.0. The van der Waals surface area contributed by atoms with Crippen molar-refractivity contribution in [2.75, 3.05) is 11.1 Å². The molecule has 2 aromatic carbocycles. The minimum absolute atomic E-state index is 0.120. The number of carbonyl (C=O) groups is 1.